The van der Waals surface area contributed by atoms with Crippen molar-refractivity contribution in [2.75, 3.05) is 0 Å². The monoisotopic (exact) mass is 420 g/mol. The van der Waals surface area contributed by atoms with Gasteiger partial charge in [-0.3, -0.25) is 4.79 Å². The lowest BCUT2D eigenvalue weighted by molar-refractivity contribution is -0.137. The van der Waals surface area contributed by atoms with Gasteiger partial charge in [0.05, 0.1) is 5.56 Å². The number of ketones is 1. The van der Waals surface area contributed by atoms with Crippen LogP contribution in [0.4, 0.5) is 13.2 Å². The van der Waals surface area contributed by atoms with E-state index in [-0.39, 0.29) is 16.7 Å². The second-order valence-corrected chi connectivity index (χ2v) is 6.18. The lowest BCUT2D eigenvalue weighted by Crippen LogP contribution is -2.07. The molecule has 0 heterocycles. The van der Waals surface area contributed by atoms with E-state index in [0.29, 0.717) is 11.1 Å². The first-order chi connectivity index (χ1) is 9.77. The Balaban J connectivity index is 2.22. The maximum absolute atomic E-state index is 12.6. The molecule has 0 unspecified atom stereocenters. The highest BCUT2D eigenvalue weighted by Crippen LogP contribution is 2.32. The second-order valence-electron chi connectivity index (χ2n) is 4.41. The molecule has 21 heavy (non-hydrogen) atoms. The van der Waals surface area contributed by atoms with Gasteiger partial charge < -0.3 is 0 Å². The molecule has 0 amide bonds. The molecule has 2 rings (SSSR count). The molecule has 0 aliphatic carbocycles. The van der Waals surface area contributed by atoms with Gasteiger partial charge in [0.1, 0.15) is 0 Å². The van der Waals surface area contributed by atoms with Crippen LogP contribution in [0.1, 0.15) is 21.5 Å². The first-order valence-electron chi connectivity index (χ1n) is 5.92. The number of alkyl halides is 3. The van der Waals surface area contributed by atoms with Crippen LogP contribution in [0.25, 0.3) is 0 Å². The molecular weight excluding hydrogens is 413 g/mol. The van der Waals surface area contributed by atoms with Crippen molar-refractivity contribution in [2.45, 2.75) is 12.6 Å². The van der Waals surface area contributed by atoms with Crippen molar-refractivity contribution in [3.05, 3.63) is 68.1 Å². The van der Waals surface area contributed by atoms with E-state index >= 15 is 0 Å². The van der Waals surface area contributed by atoms with Crippen molar-refractivity contribution in [1.82, 2.24) is 0 Å². The summed E-state index contributed by atoms with van der Waals surface area (Å²) in [5.74, 6) is -0.156. The van der Waals surface area contributed by atoms with Gasteiger partial charge in [0, 0.05) is 20.9 Å². The fourth-order valence-electron chi connectivity index (χ4n) is 1.80. The summed E-state index contributed by atoms with van der Waals surface area (Å²) in [5.41, 5.74) is 0.289. The van der Waals surface area contributed by atoms with Gasteiger partial charge in [0.2, 0.25) is 0 Å². The van der Waals surface area contributed by atoms with Crippen LogP contribution in [0.5, 0.6) is 0 Å². The van der Waals surface area contributed by atoms with Crippen molar-refractivity contribution < 1.29 is 18.0 Å². The van der Waals surface area contributed by atoms with Gasteiger partial charge in [-0.2, -0.15) is 13.2 Å². The molecule has 0 bridgehead atoms. The topological polar surface area (TPSA) is 17.1 Å². The lowest BCUT2D eigenvalue weighted by atomic mass is 10.0. The van der Waals surface area contributed by atoms with E-state index in [2.05, 4.69) is 31.9 Å². The van der Waals surface area contributed by atoms with Crippen LogP contribution < -0.4 is 0 Å². The van der Waals surface area contributed by atoms with Crippen LogP contribution in [-0.2, 0) is 12.6 Å². The van der Waals surface area contributed by atoms with E-state index in [1.54, 1.807) is 24.3 Å². The summed E-state index contributed by atoms with van der Waals surface area (Å²) in [4.78, 5) is 12.1. The quantitative estimate of drug-likeness (QED) is 0.584. The highest BCUT2D eigenvalue weighted by molar-refractivity contribution is 9.10. The third-order valence-corrected chi connectivity index (χ3v) is 4.11. The van der Waals surface area contributed by atoms with Crippen molar-refractivity contribution in [1.29, 1.82) is 0 Å². The molecule has 0 N–H and O–H groups in total. The highest BCUT2D eigenvalue weighted by atomic mass is 79.9. The molecule has 110 valence electrons. The maximum atomic E-state index is 12.6. The Morgan fingerprint density at radius 1 is 1.05 bits per heavy atom. The fourth-order valence-corrected chi connectivity index (χ4v) is 2.72. The average Bonchev–Trinajstić information content (AvgIpc) is 2.39. The minimum absolute atomic E-state index is 0.0369. The largest absolute Gasteiger partial charge is 0.416 e. The average molecular weight is 422 g/mol. The summed E-state index contributed by atoms with van der Waals surface area (Å²) in [6.07, 6.45) is -4.36. The molecule has 0 radical (unpaired) electrons. The number of Topliss-reactive ketones (excluding diaryl/α,β-unsaturated/α-hetero) is 1. The summed E-state index contributed by atoms with van der Waals surface area (Å²) < 4.78 is 38.8. The summed E-state index contributed by atoms with van der Waals surface area (Å²) in [6, 6.07) is 10.2. The minimum atomic E-state index is -4.39. The van der Waals surface area contributed by atoms with Crippen LogP contribution >= 0.6 is 31.9 Å². The zero-order chi connectivity index (χ0) is 15.6. The van der Waals surface area contributed by atoms with Gasteiger partial charge in [0.15, 0.2) is 5.78 Å². The van der Waals surface area contributed by atoms with Crippen molar-refractivity contribution in [3.63, 3.8) is 0 Å². The van der Waals surface area contributed by atoms with E-state index in [0.717, 1.165) is 16.6 Å². The molecule has 0 aliphatic heterocycles. The Morgan fingerprint density at radius 2 is 1.76 bits per heavy atom. The molecule has 6 heteroatoms. The molecule has 0 saturated carbocycles. The molecule has 0 fully saturated rings. The number of halogens is 5. The number of hydrogen-bond donors (Lipinski definition) is 0. The van der Waals surface area contributed by atoms with Gasteiger partial charge in [-0.25, -0.2) is 0 Å². The van der Waals surface area contributed by atoms with Crippen LogP contribution in [0.2, 0.25) is 0 Å². The summed E-state index contributed by atoms with van der Waals surface area (Å²) >= 11 is 6.37. The first-order valence-corrected chi connectivity index (χ1v) is 7.50. The number of rotatable bonds is 3. The first kappa shape index (κ1) is 16.2. The van der Waals surface area contributed by atoms with E-state index in [1.807, 2.05) is 0 Å². The highest BCUT2D eigenvalue weighted by Gasteiger charge is 2.30. The molecule has 0 atom stereocenters. The van der Waals surface area contributed by atoms with E-state index in [4.69, 9.17) is 0 Å². The summed E-state index contributed by atoms with van der Waals surface area (Å²) in [7, 11) is 0. The molecule has 0 spiro atoms. The van der Waals surface area contributed by atoms with E-state index in [1.165, 1.54) is 6.07 Å². The SMILES string of the molecule is O=C(Cc1ccc(C(F)(F)F)cc1Br)c1cccc(Br)c1. The second kappa shape index (κ2) is 6.32. The van der Waals surface area contributed by atoms with Crippen LogP contribution in [0.3, 0.4) is 0 Å². The Morgan fingerprint density at radius 3 is 2.33 bits per heavy atom. The fraction of sp³-hybridized carbons (Fsp3) is 0.133. The lowest BCUT2D eigenvalue weighted by Gasteiger charge is -2.10. The van der Waals surface area contributed by atoms with Gasteiger partial charge in [-0.15, -0.1) is 0 Å². The number of carbonyl (C=O) groups excluding carboxylic acids is 1. The molecular formula is C15H9Br2F3O. The standard InChI is InChI=1S/C15H9Br2F3O/c16-12-3-1-2-10(6-12)14(21)7-9-4-5-11(8-13(9)17)15(18,19)20/h1-6,8H,7H2. The van der Waals surface area contributed by atoms with Crippen molar-refractivity contribution in [2.24, 2.45) is 0 Å². The van der Waals surface area contributed by atoms with Crippen LogP contribution in [-0.4, -0.2) is 5.78 Å². The Hall–Kier alpha value is -1.14. The van der Waals surface area contributed by atoms with Gasteiger partial charge in [-0.1, -0.05) is 50.1 Å². The van der Waals surface area contributed by atoms with Gasteiger partial charge in [0.25, 0.3) is 0 Å². The Kier molecular flexibility index (Phi) is 4.88. The van der Waals surface area contributed by atoms with Crippen LogP contribution in [0.15, 0.2) is 51.4 Å². The predicted molar refractivity (Wildman–Crippen MR) is 81.3 cm³/mol. The smallest absolute Gasteiger partial charge is 0.294 e. The zero-order valence-corrected chi connectivity index (χ0v) is 13.7. The van der Waals surface area contributed by atoms with Gasteiger partial charge >= 0.3 is 6.18 Å². The zero-order valence-electron chi connectivity index (χ0n) is 10.5. The molecule has 0 aromatic heterocycles. The predicted octanol–water partition coefficient (Wildman–Crippen LogP) is 5.66. The van der Waals surface area contributed by atoms with Crippen molar-refractivity contribution >= 4 is 37.6 Å². The Labute approximate surface area is 136 Å². The molecule has 1 nitrogen and oxygen atoms in total. The summed E-state index contributed by atoms with van der Waals surface area (Å²) in [5, 5.41) is 0. The van der Waals surface area contributed by atoms with E-state index < -0.39 is 11.7 Å². The summed E-state index contributed by atoms with van der Waals surface area (Å²) in [6.45, 7) is 0. The number of benzene rings is 2. The minimum Gasteiger partial charge on any atom is -0.294 e. The molecule has 2 aromatic rings. The molecule has 2 aromatic carbocycles. The third-order valence-electron chi connectivity index (χ3n) is 2.88. The van der Waals surface area contributed by atoms with Gasteiger partial charge in [-0.05, 0) is 29.8 Å². The number of hydrogen-bond acceptors (Lipinski definition) is 1. The number of carbonyl (C=O) groups is 1. The Bertz CT molecular complexity index is 681. The van der Waals surface area contributed by atoms with Crippen molar-refractivity contribution in [3.8, 4) is 0 Å². The maximum Gasteiger partial charge on any atom is 0.416 e. The molecule has 0 saturated heterocycles. The molecule has 0 aliphatic rings. The van der Waals surface area contributed by atoms with E-state index in [9.17, 15) is 18.0 Å². The van der Waals surface area contributed by atoms with Crippen LogP contribution in [0, 0.1) is 0 Å². The third kappa shape index (κ3) is 4.17. The normalized spacial score (nSPS) is 11.5.